The van der Waals surface area contributed by atoms with Gasteiger partial charge in [-0.2, -0.15) is 4.98 Å². The second kappa shape index (κ2) is 6.64. The van der Waals surface area contributed by atoms with Crippen LogP contribution in [0.3, 0.4) is 0 Å². The molecular weight excluding hydrogens is 406 g/mol. The van der Waals surface area contributed by atoms with Crippen LogP contribution in [0, 0.1) is 12.8 Å². The molecular formula is C20H23N5O4S. The van der Waals surface area contributed by atoms with Crippen molar-refractivity contribution in [2.75, 3.05) is 19.3 Å². The number of H-pyrrole nitrogens is 1. The first kappa shape index (κ1) is 19.3. The number of hydrogen-bond acceptors (Lipinski definition) is 6. The summed E-state index contributed by atoms with van der Waals surface area (Å²) in [6, 6.07) is 7.37. The lowest BCUT2D eigenvalue weighted by molar-refractivity contribution is 0.0936. The number of aromatic nitrogens is 3. The van der Waals surface area contributed by atoms with E-state index in [1.165, 1.54) is 10.6 Å². The second-order valence-corrected chi connectivity index (χ2v) is 10.4. The quantitative estimate of drug-likeness (QED) is 0.650. The molecule has 1 amide bonds. The molecule has 3 atom stereocenters. The normalized spacial score (nSPS) is 26.9. The van der Waals surface area contributed by atoms with E-state index in [0.717, 1.165) is 10.9 Å². The zero-order chi connectivity index (χ0) is 21.1. The third kappa shape index (κ3) is 3.02. The first-order valence-electron chi connectivity index (χ1n) is 9.89. The summed E-state index contributed by atoms with van der Waals surface area (Å²) in [5.74, 6) is 0.839. The smallest absolute Gasteiger partial charge is 0.252 e. The molecule has 158 valence electrons. The van der Waals surface area contributed by atoms with Gasteiger partial charge in [0.1, 0.15) is 0 Å². The van der Waals surface area contributed by atoms with E-state index in [1.54, 1.807) is 6.92 Å². The molecule has 1 saturated carbocycles. The van der Waals surface area contributed by atoms with Crippen LogP contribution < -0.4 is 5.32 Å². The van der Waals surface area contributed by atoms with Crippen molar-refractivity contribution in [3.05, 3.63) is 47.7 Å². The SMILES string of the molecule is Cc1noc([C@]23C[C@H](NC(=O)c4cccc5[nH]ccc45)CC2CN(S(C)(=O)=O)C3)n1. The molecule has 5 rings (SSSR count). The molecule has 0 radical (unpaired) electrons. The maximum absolute atomic E-state index is 13.0. The van der Waals surface area contributed by atoms with Gasteiger partial charge in [-0.1, -0.05) is 11.2 Å². The van der Waals surface area contributed by atoms with Gasteiger partial charge in [0, 0.05) is 41.8 Å². The molecule has 1 saturated heterocycles. The number of carbonyl (C=O) groups is 1. The fraction of sp³-hybridized carbons (Fsp3) is 0.450. The van der Waals surface area contributed by atoms with Crippen LogP contribution in [0.4, 0.5) is 0 Å². The number of nitrogens with zero attached hydrogens (tertiary/aromatic N) is 3. The van der Waals surface area contributed by atoms with Crippen LogP contribution in [-0.2, 0) is 15.4 Å². The summed E-state index contributed by atoms with van der Waals surface area (Å²) < 4.78 is 31.3. The molecule has 9 nitrogen and oxygen atoms in total. The molecule has 1 aromatic carbocycles. The summed E-state index contributed by atoms with van der Waals surface area (Å²) in [5.41, 5.74) is 0.946. The maximum Gasteiger partial charge on any atom is 0.252 e. The van der Waals surface area contributed by atoms with Gasteiger partial charge in [-0.25, -0.2) is 12.7 Å². The minimum atomic E-state index is -3.33. The van der Waals surface area contributed by atoms with Crippen molar-refractivity contribution in [3.63, 3.8) is 0 Å². The molecule has 2 N–H and O–H groups in total. The standard InChI is InChI=1S/C20H23N5O4S/c1-12-22-19(29-24-12)20-9-14(8-13(20)10-25(11-20)30(2,27)28)23-18(26)16-4-3-5-17-15(16)6-7-21-17/h3-7,13-14,21H,8-11H2,1-2H3,(H,23,26)/t13?,14-,20+/m1/s1. The van der Waals surface area contributed by atoms with Crippen LogP contribution in [-0.4, -0.2) is 59.1 Å². The second-order valence-electron chi connectivity index (χ2n) is 8.41. The van der Waals surface area contributed by atoms with Gasteiger partial charge >= 0.3 is 0 Å². The van der Waals surface area contributed by atoms with Crippen molar-refractivity contribution in [1.82, 2.24) is 24.7 Å². The number of aromatic amines is 1. The molecule has 2 aromatic heterocycles. The third-order valence-corrected chi connectivity index (χ3v) is 7.66. The first-order chi connectivity index (χ1) is 14.3. The highest BCUT2D eigenvalue weighted by Crippen LogP contribution is 2.50. The number of amides is 1. The highest BCUT2D eigenvalue weighted by Gasteiger charge is 2.59. The number of benzene rings is 1. The number of aryl methyl sites for hydroxylation is 1. The van der Waals surface area contributed by atoms with Crippen LogP contribution in [0.5, 0.6) is 0 Å². The van der Waals surface area contributed by atoms with E-state index in [0.29, 0.717) is 36.7 Å². The number of nitrogens with one attached hydrogen (secondary N) is 2. The summed E-state index contributed by atoms with van der Waals surface area (Å²) in [6.07, 6.45) is 4.24. The Morgan fingerprint density at radius 3 is 2.93 bits per heavy atom. The zero-order valence-electron chi connectivity index (χ0n) is 16.8. The van der Waals surface area contributed by atoms with Crippen molar-refractivity contribution >= 4 is 26.8 Å². The van der Waals surface area contributed by atoms with E-state index in [1.807, 2.05) is 30.5 Å². The number of sulfonamides is 1. The molecule has 1 unspecified atom stereocenters. The summed E-state index contributed by atoms with van der Waals surface area (Å²) in [6.45, 7) is 2.42. The molecule has 1 aliphatic heterocycles. The Bertz CT molecular complexity index is 1230. The minimum Gasteiger partial charge on any atom is -0.361 e. The number of rotatable bonds is 4. The largest absolute Gasteiger partial charge is 0.361 e. The fourth-order valence-corrected chi connectivity index (χ4v) is 5.98. The van der Waals surface area contributed by atoms with Crippen molar-refractivity contribution in [1.29, 1.82) is 0 Å². The van der Waals surface area contributed by atoms with E-state index >= 15 is 0 Å². The fourth-order valence-electron chi connectivity index (χ4n) is 5.06. The predicted octanol–water partition coefficient (Wildman–Crippen LogP) is 1.58. The Hall–Kier alpha value is -2.72. The molecule has 10 heteroatoms. The Kier molecular flexibility index (Phi) is 4.26. The van der Waals surface area contributed by atoms with E-state index in [9.17, 15) is 13.2 Å². The van der Waals surface area contributed by atoms with Crippen LogP contribution in [0.25, 0.3) is 10.9 Å². The average Bonchev–Trinajstić information content (AvgIpc) is 3.42. The Labute approximate surface area is 173 Å². The first-order valence-corrected chi connectivity index (χ1v) is 11.7. The van der Waals surface area contributed by atoms with Crippen molar-refractivity contribution in [2.24, 2.45) is 5.92 Å². The van der Waals surface area contributed by atoms with Gasteiger partial charge in [0.25, 0.3) is 5.91 Å². The highest BCUT2D eigenvalue weighted by atomic mass is 32.2. The van der Waals surface area contributed by atoms with Gasteiger partial charge in [0.15, 0.2) is 5.82 Å². The molecule has 0 bridgehead atoms. The summed E-state index contributed by atoms with van der Waals surface area (Å²) in [7, 11) is -3.33. The molecule has 2 aliphatic rings. The maximum atomic E-state index is 13.0. The lowest BCUT2D eigenvalue weighted by atomic mass is 9.80. The molecule has 3 heterocycles. The van der Waals surface area contributed by atoms with Crippen LogP contribution in [0.1, 0.15) is 34.9 Å². The molecule has 1 aliphatic carbocycles. The van der Waals surface area contributed by atoms with E-state index in [-0.39, 0.29) is 24.4 Å². The third-order valence-electron chi connectivity index (χ3n) is 6.44. The van der Waals surface area contributed by atoms with E-state index < -0.39 is 15.4 Å². The highest BCUT2D eigenvalue weighted by molar-refractivity contribution is 7.88. The minimum absolute atomic E-state index is 0.000394. The molecule has 3 aromatic rings. The Morgan fingerprint density at radius 1 is 1.37 bits per heavy atom. The lowest BCUT2D eigenvalue weighted by Crippen LogP contribution is -2.39. The Morgan fingerprint density at radius 2 is 2.20 bits per heavy atom. The molecule has 2 fully saturated rings. The number of carbonyl (C=O) groups excluding carboxylic acids is 1. The molecule has 0 spiro atoms. The molecule has 30 heavy (non-hydrogen) atoms. The van der Waals surface area contributed by atoms with Crippen LogP contribution >= 0.6 is 0 Å². The summed E-state index contributed by atoms with van der Waals surface area (Å²) >= 11 is 0. The van der Waals surface area contributed by atoms with Gasteiger partial charge in [0.05, 0.1) is 11.7 Å². The zero-order valence-corrected chi connectivity index (χ0v) is 17.6. The average molecular weight is 430 g/mol. The monoisotopic (exact) mass is 429 g/mol. The van der Waals surface area contributed by atoms with Crippen LogP contribution in [0.15, 0.2) is 35.0 Å². The van der Waals surface area contributed by atoms with Gasteiger partial charge in [-0.15, -0.1) is 0 Å². The van der Waals surface area contributed by atoms with Gasteiger partial charge < -0.3 is 14.8 Å². The predicted molar refractivity (Wildman–Crippen MR) is 109 cm³/mol. The van der Waals surface area contributed by atoms with Crippen molar-refractivity contribution in [2.45, 2.75) is 31.2 Å². The number of fused-ring (bicyclic) bond motifs is 2. The Balaban J connectivity index is 1.42. The van der Waals surface area contributed by atoms with Gasteiger partial charge in [-0.05, 0) is 43.9 Å². The van der Waals surface area contributed by atoms with Crippen molar-refractivity contribution < 1.29 is 17.7 Å². The lowest BCUT2D eigenvalue weighted by Gasteiger charge is -2.24. The van der Waals surface area contributed by atoms with E-state index in [2.05, 4.69) is 20.4 Å². The van der Waals surface area contributed by atoms with E-state index in [4.69, 9.17) is 4.52 Å². The van der Waals surface area contributed by atoms with Crippen LogP contribution in [0.2, 0.25) is 0 Å². The van der Waals surface area contributed by atoms with Gasteiger partial charge in [0.2, 0.25) is 15.9 Å². The van der Waals surface area contributed by atoms with Gasteiger partial charge in [-0.3, -0.25) is 4.79 Å². The topological polar surface area (TPSA) is 121 Å². The number of hydrogen-bond donors (Lipinski definition) is 2. The summed E-state index contributed by atoms with van der Waals surface area (Å²) in [5, 5.41) is 7.94. The van der Waals surface area contributed by atoms with Crippen molar-refractivity contribution in [3.8, 4) is 0 Å². The summed E-state index contributed by atoms with van der Waals surface area (Å²) in [4.78, 5) is 20.6.